The molecule has 0 bridgehead atoms. The zero-order valence-electron chi connectivity index (χ0n) is 15.0. The summed E-state index contributed by atoms with van der Waals surface area (Å²) in [5.74, 6) is 1.94. The summed E-state index contributed by atoms with van der Waals surface area (Å²) in [5.41, 5.74) is 3.95. The molecule has 1 aliphatic rings. The van der Waals surface area contributed by atoms with Gasteiger partial charge in [-0.05, 0) is 18.6 Å². The van der Waals surface area contributed by atoms with Crippen LogP contribution in [0.3, 0.4) is 0 Å². The molecule has 4 nitrogen and oxygen atoms in total. The number of furan rings is 1. The molecule has 138 valence electrons. The number of carbonyl (C=O) groups excluding carboxylic acids is 1. The van der Waals surface area contributed by atoms with Gasteiger partial charge in [-0.3, -0.25) is 9.79 Å². The fourth-order valence-electron chi connectivity index (χ4n) is 2.93. The molecule has 6 heteroatoms. The van der Waals surface area contributed by atoms with Gasteiger partial charge in [-0.15, -0.1) is 0 Å². The number of para-hydroxylation sites is 1. The lowest BCUT2D eigenvalue weighted by atomic mass is 10.1. The standard InChI is InChI=1S/C21H20N2O2S2/c1-14-6-8-15(9-7-14)12-23-20(24)19-17(13-27-21-22-10-11-26-21)16-4-2-3-5-18(16)25-19/h2-9H,10-13H2,1H3,(H,23,24). The van der Waals surface area contributed by atoms with E-state index in [2.05, 4.69) is 10.3 Å². The number of carbonyl (C=O) groups is 1. The maximum absolute atomic E-state index is 12.8. The summed E-state index contributed by atoms with van der Waals surface area (Å²) in [6.45, 7) is 3.40. The second-order valence-corrected chi connectivity index (χ2v) is 8.67. The number of amides is 1. The first kappa shape index (κ1) is 18.2. The predicted molar refractivity (Wildman–Crippen MR) is 115 cm³/mol. The van der Waals surface area contributed by atoms with Crippen LogP contribution in [0.4, 0.5) is 0 Å². The molecule has 1 N–H and O–H groups in total. The second-order valence-electron chi connectivity index (χ2n) is 6.36. The number of nitrogens with zero attached hydrogens (tertiary/aromatic N) is 1. The smallest absolute Gasteiger partial charge is 0.287 e. The van der Waals surface area contributed by atoms with Crippen LogP contribution in [0, 0.1) is 6.92 Å². The molecule has 0 atom stereocenters. The van der Waals surface area contributed by atoms with Crippen molar-refractivity contribution in [3.63, 3.8) is 0 Å². The average molecular weight is 397 g/mol. The lowest BCUT2D eigenvalue weighted by Crippen LogP contribution is -2.23. The van der Waals surface area contributed by atoms with Crippen LogP contribution in [0.15, 0.2) is 57.9 Å². The molecular weight excluding hydrogens is 376 g/mol. The third-order valence-electron chi connectivity index (χ3n) is 4.38. The van der Waals surface area contributed by atoms with Gasteiger partial charge in [-0.2, -0.15) is 0 Å². The Morgan fingerprint density at radius 2 is 2.04 bits per heavy atom. The topological polar surface area (TPSA) is 54.6 Å². The van der Waals surface area contributed by atoms with Crippen LogP contribution in [0.25, 0.3) is 11.0 Å². The molecule has 0 spiro atoms. The Morgan fingerprint density at radius 3 is 2.81 bits per heavy atom. The van der Waals surface area contributed by atoms with Gasteiger partial charge in [0.05, 0.1) is 6.54 Å². The molecule has 0 radical (unpaired) electrons. The number of fused-ring (bicyclic) bond motifs is 1. The number of aryl methyl sites for hydroxylation is 1. The molecule has 2 heterocycles. The van der Waals surface area contributed by atoms with Crippen LogP contribution in [0.2, 0.25) is 0 Å². The molecular formula is C21H20N2O2S2. The van der Waals surface area contributed by atoms with Gasteiger partial charge in [0.25, 0.3) is 5.91 Å². The van der Waals surface area contributed by atoms with Gasteiger partial charge in [0.1, 0.15) is 9.96 Å². The van der Waals surface area contributed by atoms with E-state index in [1.807, 2.05) is 55.5 Å². The summed E-state index contributed by atoms with van der Waals surface area (Å²) >= 11 is 3.45. The minimum Gasteiger partial charge on any atom is -0.451 e. The van der Waals surface area contributed by atoms with Crippen molar-refractivity contribution < 1.29 is 9.21 Å². The highest BCUT2D eigenvalue weighted by atomic mass is 32.2. The first-order chi connectivity index (χ1) is 13.2. The van der Waals surface area contributed by atoms with E-state index in [-0.39, 0.29) is 5.91 Å². The van der Waals surface area contributed by atoms with E-state index in [1.54, 1.807) is 23.5 Å². The monoisotopic (exact) mass is 396 g/mol. The van der Waals surface area contributed by atoms with E-state index in [0.29, 0.717) is 18.1 Å². The summed E-state index contributed by atoms with van der Waals surface area (Å²) in [6.07, 6.45) is 0. The van der Waals surface area contributed by atoms with Gasteiger partial charge in [-0.25, -0.2) is 0 Å². The first-order valence-corrected chi connectivity index (χ1v) is 10.8. The molecule has 3 aromatic rings. The van der Waals surface area contributed by atoms with Crippen LogP contribution in [0.1, 0.15) is 27.2 Å². The Hall–Kier alpha value is -2.18. The SMILES string of the molecule is Cc1ccc(CNC(=O)c2oc3ccccc3c2CSC2=NCCS2)cc1. The van der Waals surface area contributed by atoms with Gasteiger partial charge in [0.2, 0.25) is 0 Å². The zero-order chi connectivity index (χ0) is 18.6. The van der Waals surface area contributed by atoms with Gasteiger partial charge >= 0.3 is 0 Å². The number of benzene rings is 2. The van der Waals surface area contributed by atoms with Crippen molar-refractivity contribution in [2.45, 2.75) is 19.2 Å². The molecule has 0 saturated carbocycles. The Bertz CT molecular complexity index is 993. The molecule has 0 saturated heterocycles. The maximum Gasteiger partial charge on any atom is 0.287 e. The molecule has 1 aromatic heterocycles. The van der Waals surface area contributed by atoms with Gasteiger partial charge in [-0.1, -0.05) is 71.6 Å². The van der Waals surface area contributed by atoms with E-state index >= 15 is 0 Å². The Kier molecular flexibility index (Phi) is 5.55. The maximum atomic E-state index is 12.8. The summed E-state index contributed by atoms with van der Waals surface area (Å²) in [5, 5.41) is 3.98. The normalized spacial score (nSPS) is 13.7. The molecule has 0 fully saturated rings. The van der Waals surface area contributed by atoms with Crippen LogP contribution in [-0.4, -0.2) is 22.6 Å². The molecule has 0 aliphatic carbocycles. The molecule has 4 rings (SSSR count). The minimum atomic E-state index is -0.177. The summed E-state index contributed by atoms with van der Waals surface area (Å²) in [7, 11) is 0. The Balaban J connectivity index is 1.54. The van der Waals surface area contributed by atoms with Crippen LogP contribution >= 0.6 is 23.5 Å². The van der Waals surface area contributed by atoms with Crippen LogP contribution in [0.5, 0.6) is 0 Å². The Labute approximate surface area is 166 Å². The third-order valence-corrected chi connectivity index (χ3v) is 6.65. The summed E-state index contributed by atoms with van der Waals surface area (Å²) in [4.78, 5) is 17.3. The average Bonchev–Trinajstić information content (AvgIpc) is 3.33. The fraction of sp³-hybridized carbons (Fsp3) is 0.238. The van der Waals surface area contributed by atoms with Crippen molar-refractivity contribution in [1.29, 1.82) is 0 Å². The first-order valence-electron chi connectivity index (χ1n) is 8.85. The highest BCUT2D eigenvalue weighted by molar-refractivity contribution is 8.38. The van der Waals surface area contributed by atoms with Crippen LogP contribution < -0.4 is 5.32 Å². The van der Waals surface area contributed by atoms with Crippen molar-refractivity contribution in [3.8, 4) is 0 Å². The number of hydrogen-bond donors (Lipinski definition) is 1. The van der Waals surface area contributed by atoms with E-state index in [1.165, 1.54) is 5.56 Å². The van der Waals surface area contributed by atoms with Crippen molar-refractivity contribution in [2.24, 2.45) is 4.99 Å². The highest BCUT2D eigenvalue weighted by Crippen LogP contribution is 2.32. The molecule has 0 unspecified atom stereocenters. The lowest BCUT2D eigenvalue weighted by molar-refractivity contribution is 0.0924. The van der Waals surface area contributed by atoms with Gasteiger partial charge in [0, 0.05) is 29.0 Å². The number of rotatable bonds is 5. The van der Waals surface area contributed by atoms with Gasteiger partial charge < -0.3 is 9.73 Å². The molecule has 1 aliphatic heterocycles. The minimum absolute atomic E-state index is 0.177. The van der Waals surface area contributed by atoms with E-state index < -0.39 is 0 Å². The van der Waals surface area contributed by atoms with Crippen LogP contribution in [-0.2, 0) is 12.3 Å². The number of aliphatic imine (C=N–C) groups is 1. The van der Waals surface area contributed by atoms with E-state index in [4.69, 9.17) is 4.42 Å². The van der Waals surface area contributed by atoms with Crippen molar-refractivity contribution >= 4 is 44.8 Å². The zero-order valence-corrected chi connectivity index (χ0v) is 16.7. The number of thioether (sulfide) groups is 2. The van der Waals surface area contributed by atoms with Crippen molar-refractivity contribution in [1.82, 2.24) is 5.32 Å². The lowest BCUT2D eigenvalue weighted by Gasteiger charge is -2.06. The quantitative estimate of drug-likeness (QED) is 0.659. The molecule has 27 heavy (non-hydrogen) atoms. The highest BCUT2D eigenvalue weighted by Gasteiger charge is 2.21. The summed E-state index contributed by atoms with van der Waals surface area (Å²) < 4.78 is 7.00. The fourth-order valence-corrected chi connectivity index (χ4v) is 4.97. The van der Waals surface area contributed by atoms with Gasteiger partial charge in [0.15, 0.2) is 5.76 Å². The largest absolute Gasteiger partial charge is 0.451 e. The summed E-state index contributed by atoms with van der Waals surface area (Å²) in [6, 6.07) is 16.0. The number of nitrogens with one attached hydrogen (secondary N) is 1. The number of hydrogen-bond acceptors (Lipinski definition) is 5. The predicted octanol–water partition coefficient (Wildman–Crippen LogP) is 5.01. The third kappa shape index (κ3) is 4.22. The van der Waals surface area contributed by atoms with E-state index in [0.717, 1.165) is 38.8 Å². The molecule has 1 amide bonds. The van der Waals surface area contributed by atoms with E-state index in [9.17, 15) is 4.79 Å². The molecule has 2 aromatic carbocycles. The Morgan fingerprint density at radius 1 is 1.22 bits per heavy atom. The second kappa shape index (κ2) is 8.23. The van der Waals surface area contributed by atoms with Crippen molar-refractivity contribution in [2.75, 3.05) is 12.3 Å². The van der Waals surface area contributed by atoms with Crippen molar-refractivity contribution in [3.05, 3.63) is 71.0 Å².